The van der Waals surface area contributed by atoms with Crippen molar-refractivity contribution in [3.8, 4) is 0 Å². The molecule has 0 heteroatoms. The van der Waals surface area contributed by atoms with Crippen molar-refractivity contribution in [2.45, 2.75) is 41.5 Å². The van der Waals surface area contributed by atoms with E-state index in [1.807, 2.05) is 0 Å². The Morgan fingerprint density at radius 3 is 1.59 bits per heavy atom. The summed E-state index contributed by atoms with van der Waals surface area (Å²) in [7, 11) is 0. The molecule has 0 radical (unpaired) electrons. The molecule has 0 atom stereocenters. The van der Waals surface area contributed by atoms with Crippen LogP contribution in [0.2, 0.25) is 0 Å². The quantitative estimate of drug-likeness (QED) is 0.206. The summed E-state index contributed by atoms with van der Waals surface area (Å²) in [6.07, 6.45) is 0. The van der Waals surface area contributed by atoms with E-state index in [0.717, 1.165) is 0 Å². The summed E-state index contributed by atoms with van der Waals surface area (Å²) in [5, 5.41) is 10.8. The molecule has 168 valence electrons. The number of hydrogen-bond donors (Lipinski definition) is 0. The van der Waals surface area contributed by atoms with E-state index in [2.05, 4.69) is 126 Å². The first-order valence-electron chi connectivity index (χ1n) is 12.1. The van der Waals surface area contributed by atoms with Gasteiger partial charge in [-0.25, -0.2) is 0 Å². The van der Waals surface area contributed by atoms with Gasteiger partial charge in [0.05, 0.1) is 0 Å². The van der Waals surface area contributed by atoms with E-state index >= 15 is 0 Å². The highest BCUT2D eigenvalue weighted by molar-refractivity contribution is 6.02. The van der Waals surface area contributed by atoms with Crippen molar-refractivity contribution in [1.29, 1.82) is 0 Å². The maximum Gasteiger partial charge on any atom is -0.0145 e. The Bertz CT molecular complexity index is 1680. The molecule has 0 bridgehead atoms. The molecule has 0 fully saturated rings. The van der Waals surface area contributed by atoms with E-state index in [1.54, 1.807) is 0 Å². The smallest absolute Gasteiger partial charge is 0.0145 e. The molecule has 0 spiro atoms. The second-order valence-electron chi connectivity index (χ2n) is 9.81. The molecule has 0 N–H and O–H groups in total. The number of hydrogen-bond acceptors (Lipinski definition) is 0. The van der Waals surface area contributed by atoms with Gasteiger partial charge in [-0.15, -0.1) is 0 Å². The molecule has 0 aliphatic heterocycles. The maximum absolute atomic E-state index is 2.31. The van der Waals surface area contributed by atoms with E-state index in [0.29, 0.717) is 0 Å². The van der Waals surface area contributed by atoms with E-state index < -0.39 is 0 Å². The van der Waals surface area contributed by atoms with Crippen LogP contribution in [0, 0.1) is 41.5 Å². The Morgan fingerprint density at radius 2 is 0.853 bits per heavy atom. The van der Waals surface area contributed by atoms with Crippen LogP contribution in [0.4, 0.5) is 0 Å². The summed E-state index contributed by atoms with van der Waals surface area (Å²) in [6.45, 7) is 13.1. The van der Waals surface area contributed by atoms with Crippen LogP contribution in [-0.2, 0) is 0 Å². The predicted molar refractivity (Wildman–Crippen MR) is 151 cm³/mol. The lowest BCUT2D eigenvalue weighted by Gasteiger charge is -2.10. The molecule has 6 rings (SSSR count). The third kappa shape index (κ3) is 3.94. The van der Waals surface area contributed by atoms with Crippen molar-refractivity contribution in [1.82, 2.24) is 0 Å². The van der Waals surface area contributed by atoms with Crippen LogP contribution in [0.5, 0.6) is 0 Å². The van der Waals surface area contributed by atoms with Crippen LogP contribution in [0.1, 0.15) is 33.4 Å². The lowest BCUT2D eigenvalue weighted by Crippen LogP contribution is -1.86. The molecule has 6 aromatic rings. The van der Waals surface area contributed by atoms with Gasteiger partial charge in [0.2, 0.25) is 0 Å². The van der Waals surface area contributed by atoms with Gasteiger partial charge in [0, 0.05) is 0 Å². The normalized spacial score (nSPS) is 11.2. The molecular weight excluding hydrogens is 408 g/mol. The Hall–Kier alpha value is -3.64. The number of benzene rings is 6. The van der Waals surface area contributed by atoms with E-state index in [-0.39, 0.29) is 0 Å². The van der Waals surface area contributed by atoms with Gasteiger partial charge in [0.25, 0.3) is 0 Å². The largest absolute Gasteiger partial charge is 0.0616 e. The third-order valence-corrected chi connectivity index (χ3v) is 7.41. The lowest BCUT2D eigenvalue weighted by molar-refractivity contribution is 1.36. The highest BCUT2D eigenvalue weighted by Crippen LogP contribution is 2.30. The first-order chi connectivity index (χ1) is 16.3. The molecule has 0 amide bonds. The van der Waals surface area contributed by atoms with Crippen molar-refractivity contribution >= 4 is 43.1 Å². The molecular formula is C34H32. The monoisotopic (exact) mass is 440 g/mol. The molecule has 0 heterocycles. The molecule has 0 nitrogen and oxygen atoms in total. The predicted octanol–water partition coefficient (Wildman–Crippen LogP) is 9.84. The standard InChI is InChI=1S/2C17H16/c1-11-5-4-6-14-9-15-7-12(2)13(3)8-16(15)10-17(11)14;1-11-8-15-10-14-6-4-5-7-16(14)13(3)17(15)9-12(11)2/h2*4-10H,1-3H3. The fourth-order valence-electron chi connectivity index (χ4n) is 5.02. The number of aryl methyl sites for hydroxylation is 6. The fourth-order valence-corrected chi connectivity index (χ4v) is 5.02. The van der Waals surface area contributed by atoms with Crippen molar-refractivity contribution in [3.63, 3.8) is 0 Å². The molecule has 0 saturated carbocycles. The summed E-state index contributed by atoms with van der Waals surface area (Å²) in [5.41, 5.74) is 8.21. The topological polar surface area (TPSA) is 0 Å². The van der Waals surface area contributed by atoms with E-state index in [4.69, 9.17) is 0 Å². The first kappa shape index (κ1) is 22.2. The van der Waals surface area contributed by atoms with Crippen LogP contribution in [-0.4, -0.2) is 0 Å². The van der Waals surface area contributed by atoms with Gasteiger partial charge in [0.15, 0.2) is 0 Å². The second-order valence-corrected chi connectivity index (χ2v) is 9.81. The molecule has 0 aliphatic carbocycles. The molecule has 0 saturated heterocycles. The van der Waals surface area contributed by atoms with E-state index in [9.17, 15) is 0 Å². The van der Waals surface area contributed by atoms with Crippen LogP contribution >= 0.6 is 0 Å². The molecule has 0 aromatic heterocycles. The summed E-state index contributed by atoms with van der Waals surface area (Å²) in [4.78, 5) is 0. The van der Waals surface area contributed by atoms with E-state index in [1.165, 1.54) is 76.5 Å². The fraction of sp³-hybridized carbons (Fsp3) is 0.176. The van der Waals surface area contributed by atoms with Gasteiger partial charge in [-0.3, -0.25) is 0 Å². The zero-order valence-corrected chi connectivity index (χ0v) is 21.1. The van der Waals surface area contributed by atoms with Crippen LogP contribution in [0.25, 0.3) is 43.1 Å². The summed E-state index contributed by atoms with van der Waals surface area (Å²) >= 11 is 0. The zero-order chi connectivity index (χ0) is 24.0. The molecule has 34 heavy (non-hydrogen) atoms. The maximum atomic E-state index is 2.31. The first-order valence-corrected chi connectivity index (χ1v) is 12.1. The average molecular weight is 441 g/mol. The van der Waals surface area contributed by atoms with Crippen LogP contribution in [0.15, 0.2) is 84.9 Å². The SMILES string of the molecule is Cc1cc2cc3cccc(C)c3cc2cc1C.Cc1cc2cc3ccccc3c(C)c2cc1C. The van der Waals surface area contributed by atoms with Gasteiger partial charge in [-0.2, -0.15) is 0 Å². The van der Waals surface area contributed by atoms with Gasteiger partial charge < -0.3 is 0 Å². The average Bonchev–Trinajstić information content (AvgIpc) is 2.81. The minimum atomic E-state index is 1.33. The van der Waals surface area contributed by atoms with Gasteiger partial charge in [-0.1, -0.05) is 66.7 Å². The Kier molecular flexibility index (Phi) is 5.62. The van der Waals surface area contributed by atoms with Crippen molar-refractivity contribution in [2.75, 3.05) is 0 Å². The Balaban J connectivity index is 0.000000142. The number of rotatable bonds is 0. The van der Waals surface area contributed by atoms with Crippen molar-refractivity contribution in [3.05, 3.63) is 118 Å². The van der Waals surface area contributed by atoms with Crippen molar-refractivity contribution < 1.29 is 0 Å². The van der Waals surface area contributed by atoms with Crippen LogP contribution < -0.4 is 0 Å². The Labute approximate surface area is 202 Å². The van der Waals surface area contributed by atoms with Gasteiger partial charge in [0.1, 0.15) is 0 Å². The van der Waals surface area contributed by atoms with Gasteiger partial charge in [-0.05, 0) is 136 Å². The molecule has 6 aromatic carbocycles. The third-order valence-electron chi connectivity index (χ3n) is 7.41. The highest BCUT2D eigenvalue weighted by Gasteiger charge is 2.05. The minimum absolute atomic E-state index is 1.33. The minimum Gasteiger partial charge on any atom is -0.0616 e. The Morgan fingerprint density at radius 1 is 0.324 bits per heavy atom. The highest BCUT2D eigenvalue weighted by atomic mass is 14.1. The van der Waals surface area contributed by atoms with Crippen molar-refractivity contribution in [2.24, 2.45) is 0 Å². The summed E-state index contributed by atoms with van der Waals surface area (Å²) in [6, 6.07) is 31.2. The lowest BCUT2D eigenvalue weighted by atomic mass is 9.95. The number of fused-ring (bicyclic) bond motifs is 4. The second kappa shape index (κ2) is 8.61. The zero-order valence-electron chi connectivity index (χ0n) is 21.1. The molecule has 0 unspecified atom stereocenters. The van der Waals surface area contributed by atoms with Crippen LogP contribution in [0.3, 0.4) is 0 Å². The summed E-state index contributed by atoms with van der Waals surface area (Å²) in [5.74, 6) is 0. The summed E-state index contributed by atoms with van der Waals surface area (Å²) < 4.78 is 0. The van der Waals surface area contributed by atoms with Gasteiger partial charge >= 0.3 is 0 Å². The molecule has 0 aliphatic rings.